The molecule has 1 rings (SSSR count). The molecule has 3 nitrogen and oxygen atoms in total. The maximum absolute atomic E-state index is 11.6. The molecule has 1 amide bonds. The molecule has 2 N–H and O–H groups in total. The van der Waals surface area contributed by atoms with Crippen molar-refractivity contribution in [2.24, 2.45) is 5.41 Å². The molecule has 0 aliphatic carbocycles. The molecule has 0 aromatic heterocycles. The minimum absolute atomic E-state index is 0.0719. The molecule has 1 unspecified atom stereocenters. The van der Waals surface area contributed by atoms with E-state index in [9.17, 15) is 4.79 Å². The van der Waals surface area contributed by atoms with Gasteiger partial charge in [-0.2, -0.15) is 0 Å². The van der Waals surface area contributed by atoms with E-state index in [1.807, 2.05) is 0 Å². The normalized spacial score (nSPS) is 21.1. The number of unbranched alkanes of at least 4 members (excludes halogenated alkanes) is 1. The zero-order valence-corrected chi connectivity index (χ0v) is 10.9. The van der Waals surface area contributed by atoms with Crippen LogP contribution in [0.1, 0.15) is 52.9 Å². The van der Waals surface area contributed by atoms with E-state index in [2.05, 4.69) is 31.4 Å². The van der Waals surface area contributed by atoms with Gasteiger partial charge in [0.1, 0.15) is 0 Å². The van der Waals surface area contributed by atoms with Crippen molar-refractivity contribution in [3.8, 4) is 0 Å². The predicted octanol–water partition coefficient (Wildman–Crippen LogP) is 2.07. The average Bonchev–Trinajstić information content (AvgIpc) is 2.67. The molecule has 0 aromatic rings. The minimum Gasteiger partial charge on any atom is -0.355 e. The van der Waals surface area contributed by atoms with Gasteiger partial charge in [-0.25, -0.2) is 0 Å². The number of amides is 1. The Bertz CT molecular complexity index is 214. The largest absolute Gasteiger partial charge is 0.355 e. The molecule has 0 bridgehead atoms. The van der Waals surface area contributed by atoms with Crippen LogP contribution in [0, 0.1) is 5.41 Å². The number of hydrogen-bond donors (Lipinski definition) is 2. The Morgan fingerprint density at radius 3 is 2.69 bits per heavy atom. The van der Waals surface area contributed by atoms with E-state index in [4.69, 9.17) is 0 Å². The van der Waals surface area contributed by atoms with Gasteiger partial charge in [0.2, 0.25) is 5.91 Å². The Morgan fingerprint density at radius 1 is 1.38 bits per heavy atom. The van der Waals surface area contributed by atoms with Crippen molar-refractivity contribution in [2.75, 3.05) is 13.1 Å². The lowest BCUT2D eigenvalue weighted by Crippen LogP contribution is -2.40. The summed E-state index contributed by atoms with van der Waals surface area (Å²) in [7, 11) is 0. The summed E-state index contributed by atoms with van der Waals surface area (Å²) in [6.07, 6.45) is 5.64. The first-order chi connectivity index (χ1) is 7.49. The second-order valence-corrected chi connectivity index (χ2v) is 5.96. The standard InChI is InChI=1S/C13H26N2O/c1-13(2,3)8-4-5-9-15-12(16)11-7-6-10-14-11/h11,14H,4-10H2,1-3H3,(H,15,16). The van der Waals surface area contributed by atoms with Crippen LogP contribution in [0.15, 0.2) is 0 Å². The zero-order chi connectivity index (χ0) is 12.0. The van der Waals surface area contributed by atoms with Gasteiger partial charge in [0.05, 0.1) is 6.04 Å². The smallest absolute Gasteiger partial charge is 0.237 e. The summed E-state index contributed by atoms with van der Waals surface area (Å²) >= 11 is 0. The van der Waals surface area contributed by atoms with Crippen LogP contribution in [-0.4, -0.2) is 25.0 Å². The average molecular weight is 226 g/mol. The van der Waals surface area contributed by atoms with E-state index in [1.165, 1.54) is 12.8 Å². The fourth-order valence-corrected chi connectivity index (χ4v) is 2.02. The van der Waals surface area contributed by atoms with Crippen molar-refractivity contribution >= 4 is 5.91 Å². The van der Waals surface area contributed by atoms with Gasteiger partial charge in [-0.15, -0.1) is 0 Å². The zero-order valence-electron chi connectivity index (χ0n) is 10.9. The van der Waals surface area contributed by atoms with Gasteiger partial charge in [0, 0.05) is 6.54 Å². The molecule has 94 valence electrons. The lowest BCUT2D eigenvalue weighted by Gasteiger charge is -2.17. The Kier molecular flexibility index (Phi) is 5.26. The molecule has 0 saturated carbocycles. The molecule has 0 radical (unpaired) electrons. The summed E-state index contributed by atoms with van der Waals surface area (Å²) in [5.41, 5.74) is 0.414. The highest BCUT2D eigenvalue weighted by Crippen LogP contribution is 2.21. The van der Waals surface area contributed by atoms with Gasteiger partial charge in [0.25, 0.3) is 0 Å². The maximum atomic E-state index is 11.6. The Hall–Kier alpha value is -0.570. The fraction of sp³-hybridized carbons (Fsp3) is 0.923. The fourth-order valence-electron chi connectivity index (χ4n) is 2.02. The van der Waals surface area contributed by atoms with Crippen molar-refractivity contribution in [3.63, 3.8) is 0 Å². The minimum atomic E-state index is 0.0719. The van der Waals surface area contributed by atoms with E-state index < -0.39 is 0 Å². The predicted molar refractivity (Wildman–Crippen MR) is 67.3 cm³/mol. The van der Waals surface area contributed by atoms with Crippen LogP contribution >= 0.6 is 0 Å². The van der Waals surface area contributed by atoms with Crippen LogP contribution < -0.4 is 10.6 Å². The van der Waals surface area contributed by atoms with Crippen molar-refractivity contribution < 1.29 is 4.79 Å². The summed E-state index contributed by atoms with van der Waals surface area (Å²) in [4.78, 5) is 11.6. The van der Waals surface area contributed by atoms with E-state index in [0.29, 0.717) is 5.41 Å². The number of nitrogens with one attached hydrogen (secondary N) is 2. The van der Waals surface area contributed by atoms with Crippen molar-refractivity contribution in [1.29, 1.82) is 0 Å². The molecule has 0 spiro atoms. The molecule has 3 heteroatoms. The highest BCUT2D eigenvalue weighted by Gasteiger charge is 2.21. The second kappa shape index (κ2) is 6.24. The lowest BCUT2D eigenvalue weighted by atomic mass is 9.90. The number of carbonyl (C=O) groups is 1. The number of rotatable bonds is 5. The lowest BCUT2D eigenvalue weighted by molar-refractivity contribution is -0.122. The molecule has 1 heterocycles. The van der Waals surface area contributed by atoms with Gasteiger partial charge in [0.15, 0.2) is 0 Å². The van der Waals surface area contributed by atoms with Crippen molar-refractivity contribution in [2.45, 2.75) is 58.9 Å². The van der Waals surface area contributed by atoms with E-state index in [1.54, 1.807) is 0 Å². The third-order valence-corrected chi connectivity index (χ3v) is 3.03. The molecule has 1 aliphatic rings. The molecular weight excluding hydrogens is 200 g/mol. The SMILES string of the molecule is CC(C)(C)CCCCNC(=O)C1CCCN1. The van der Waals surface area contributed by atoms with Crippen LogP contribution in [0.25, 0.3) is 0 Å². The Labute approximate surface area is 99.4 Å². The molecule has 0 aromatic carbocycles. The van der Waals surface area contributed by atoms with Gasteiger partial charge >= 0.3 is 0 Å². The number of hydrogen-bond acceptors (Lipinski definition) is 2. The molecule has 1 saturated heterocycles. The molecular formula is C13H26N2O. The van der Waals surface area contributed by atoms with Gasteiger partial charge < -0.3 is 10.6 Å². The van der Waals surface area contributed by atoms with Crippen molar-refractivity contribution in [1.82, 2.24) is 10.6 Å². The quantitative estimate of drug-likeness (QED) is 0.705. The third-order valence-electron chi connectivity index (χ3n) is 3.03. The topological polar surface area (TPSA) is 41.1 Å². The first kappa shape index (κ1) is 13.5. The highest BCUT2D eigenvalue weighted by atomic mass is 16.2. The first-order valence-electron chi connectivity index (χ1n) is 6.50. The summed E-state index contributed by atoms with van der Waals surface area (Å²) < 4.78 is 0. The molecule has 1 aliphatic heterocycles. The Morgan fingerprint density at radius 2 is 2.12 bits per heavy atom. The van der Waals surface area contributed by atoms with Gasteiger partial charge in [-0.3, -0.25) is 4.79 Å². The summed E-state index contributed by atoms with van der Waals surface area (Å²) in [6, 6.07) is 0.0719. The molecule has 1 fully saturated rings. The maximum Gasteiger partial charge on any atom is 0.237 e. The summed E-state index contributed by atoms with van der Waals surface area (Å²) in [6.45, 7) is 8.59. The van der Waals surface area contributed by atoms with Crippen LogP contribution in [-0.2, 0) is 4.79 Å². The molecule has 1 atom stereocenters. The molecule has 16 heavy (non-hydrogen) atoms. The summed E-state index contributed by atoms with van der Waals surface area (Å²) in [5.74, 6) is 0.188. The van der Waals surface area contributed by atoms with Crippen LogP contribution in [0.3, 0.4) is 0 Å². The van der Waals surface area contributed by atoms with Gasteiger partial charge in [-0.05, 0) is 37.6 Å². The van der Waals surface area contributed by atoms with Crippen LogP contribution in [0.2, 0.25) is 0 Å². The van der Waals surface area contributed by atoms with Crippen LogP contribution in [0.5, 0.6) is 0 Å². The summed E-state index contributed by atoms with van der Waals surface area (Å²) in [5, 5.41) is 6.22. The highest BCUT2D eigenvalue weighted by molar-refractivity contribution is 5.81. The van der Waals surface area contributed by atoms with Crippen molar-refractivity contribution in [3.05, 3.63) is 0 Å². The number of carbonyl (C=O) groups excluding carboxylic acids is 1. The Balaban J connectivity index is 2.00. The second-order valence-electron chi connectivity index (χ2n) is 5.96. The van der Waals surface area contributed by atoms with E-state index in [-0.39, 0.29) is 11.9 Å². The van der Waals surface area contributed by atoms with E-state index >= 15 is 0 Å². The first-order valence-corrected chi connectivity index (χ1v) is 6.50. The van der Waals surface area contributed by atoms with E-state index in [0.717, 1.165) is 32.4 Å². The van der Waals surface area contributed by atoms with Gasteiger partial charge in [-0.1, -0.05) is 27.2 Å². The third kappa shape index (κ3) is 5.50. The monoisotopic (exact) mass is 226 g/mol. The van der Waals surface area contributed by atoms with Crippen LogP contribution in [0.4, 0.5) is 0 Å².